The fraction of sp³-hybridized carbons (Fsp3) is 0.0870. The van der Waals surface area contributed by atoms with E-state index in [2.05, 4.69) is 0 Å². The first kappa shape index (κ1) is 18.3. The van der Waals surface area contributed by atoms with Crippen LogP contribution in [-0.2, 0) is 6.54 Å². The van der Waals surface area contributed by atoms with Crippen molar-refractivity contribution in [2.75, 3.05) is 0 Å². The van der Waals surface area contributed by atoms with Gasteiger partial charge in [0.25, 0.3) is 0 Å². The Labute approximate surface area is 166 Å². The maximum atomic E-state index is 14.6. The third kappa shape index (κ3) is 3.16. The van der Waals surface area contributed by atoms with E-state index in [1.807, 2.05) is 31.2 Å². The van der Waals surface area contributed by atoms with E-state index in [0.29, 0.717) is 28.0 Å². The van der Waals surface area contributed by atoms with Crippen molar-refractivity contribution in [2.24, 2.45) is 0 Å². The Hall–Kier alpha value is -3.11. The van der Waals surface area contributed by atoms with Gasteiger partial charge < -0.3 is 9.67 Å². The van der Waals surface area contributed by atoms with Crippen molar-refractivity contribution in [1.29, 1.82) is 0 Å². The van der Waals surface area contributed by atoms with E-state index in [1.54, 1.807) is 41.0 Å². The Balaban J connectivity index is 2.06. The summed E-state index contributed by atoms with van der Waals surface area (Å²) < 4.78 is 16.3. The summed E-state index contributed by atoms with van der Waals surface area (Å²) >= 11 is 6.19. The van der Waals surface area contributed by atoms with E-state index in [-0.39, 0.29) is 11.3 Å². The molecule has 140 valence electrons. The maximum Gasteiger partial charge on any atom is 0.353 e. The van der Waals surface area contributed by atoms with E-state index in [1.165, 1.54) is 6.07 Å². The molecule has 0 radical (unpaired) electrons. The summed E-state index contributed by atoms with van der Waals surface area (Å²) in [6, 6.07) is 19.3. The number of benzene rings is 3. The molecule has 4 rings (SSSR count). The highest BCUT2D eigenvalue weighted by Crippen LogP contribution is 2.38. The lowest BCUT2D eigenvalue weighted by atomic mass is 10.0. The van der Waals surface area contributed by atoms with E-state index in [9.17, 15) is 14.3 Å². The monoisotopic (exact) mass is 393 g/mol. The Morgan fingerprint density at radius 2 is 1.86 bits per heavy atom. The number of hydrogen-bond donors (Lipinski definition) is 1. The van der Waals surface area contributed by atoms with Gasteiger partial charge in [0, 0.05) is 33.6 Å². The highest BCUT2D eigenvalue weighted by atomic mass is 35.5. The summed E-state index contributed by atoms with van der Waals surface area (Å²) in [5, 5.41) is 11.1. The smallest absolute Gasteiger partial charge is 0.353 e. The number of aromatic carboxylic acids is 1. The second kappa shape index (κ2) is 7.13. The van der Waals surface area contributed by atoms with Crippen molar-refractivity contribution in [3.63, 3.8) is 0 Å². The molecule has 3 nitrogen and oxygen atoms in total. The van der Waals surface area contributed by atoms with Crippen molar-refractivity contribution < 1.29 is 14.3 Å². The molecule has 0 aliphatic rings. The molecule has 0 spiro atoms. The quantitative estimate of drug-likeness (QED) is 0.451. The molecule has 1 aromatic heterocycles. The number of nitrogens with zero attached hydrogens (tertiary/aromatic N) is 1. The van der Waals surface area contributed by atoms with Crippen LogP contribution in [0.5, 0.6) is 0 Å². The fourth-order valence-corrected chi connectivity index (χ4v) is 3.82. The normalized spacial score (nSPS) is 11.1. The molecule has 1 heterocycles. The summed E-state index contributed by atoms with van der Waals surface area (Å²) in [5.41, 5.74) is 3.38. The van der Waals surface area contributed by atoms with Gasteiger partial charge in [-0.05, 0) is 36.8 Å². The van der Waals surface area contributed by atoms with Crippen LogP contribution in [0.1, 0.15) is 21.6 Å². The predicted molar refractivity (Wildman–Crippen MR) is 110 cm³/mol. The maximum absolute atomic E-state index is 14.6. The Bertz CT molecular complexity index is 1210. The Kier molecular flexibility index (Phi) is 4.65. The van der Waals surface area contributed by atoms with Crippen LogP contribution in [-0.4, -0.2) is 15.6 Å². The van der Waals surface area contributed by atoms with E-state index < -0.39 is 11.8 Å². The van der Waals surface area contributed by atoms with E-state index >= 15 is 0 Å². The zero-order chi connectivity index (χ0) is 19.8. The molecule has 0 aliphatic carbocycles. The van der Waals surface area contributed by atoms with Crippen LogP contribution in [0.15, 0.2) is 66.7 Å². The topological polar surface area (TPSA) is 42.2 Å². The molecule has 0 fully saturated rings. The minimum atomic E-state index is -1.11. The van der Waals surface area contributed by atoms with E-state index in [0.717, 1.165) is 11.1 Å². The number of fused-ring (bicyclic) bond motifs is 1. The SMILES string of the molecule is Cc1cccc(Cn2c(C(=O)O)c(-c3ccccc3F)c3cc(Cl)ccc32)c1. The lowest BCUT2D eigenvalue weighted by molar-refractivity contribution is 0.0687. The highest BCUT2D eigenvalue weighted by Gasteiger charge is 2.25. The molecule has 28 heavy (non-hydrogen) atoms. The van der Waals surface area contributed by atoms with Gasteiger partial charge in [0.15, 0.2) is 0 Å². The Morgan fingerprint density at radius 1 is 1.07 bits per heavy atom. The summed E-state index contributed by atoms with van der Waals surface area (Å²) in [6.07, 6.45) is 0. The highest BCUT2D eigenvalue weighted by molar-refractivity contribution is 6.31. The number of halogens is 2. The number of aromatic nitrogens is 1. The van der Waals surface area contributed by atoms with Crippen LogP contribution in [0.2, 0.25) is 5.02 Å². The van der Waals surface area contributed by atoms with Gasteiger partial charge in [-0.25, -0.2) is 9.18 Å². The first-order valence-electron chi connectivity index (χ1n) is 8.81. The van der Waals surface area contributed by atoms with Crippen LogP contribution < -0.4 is 0 Å². The molecule has 0 amide bonds. The van der Waals surface area contributed by atoms with Crippen molar-refractivity contribution in [2.45, 2.75) is 13.5 Å². The molecule has 0 saturated heterocycles. The third-order valence-electron chi connectivity index (χ3n) is 4.79. The Morgan fingerprint density at radius 3 is 2.57 bits per heavy atom. The van der Waals surface area contributed by atoms with Gasteiger partial charge in [-0.1, -0.05) is 59.6 Å². The molecule has 5 heteroatoms. The van der Waals surface area contributed by atoms with Crippen LogP contribution >= 0.6 is 11.6 Å². The molecular weight excluding hydrogens is 377 g/mol. The van der Waals surface area contributed by atoms with Gasteiger partial charge in [0.2, 0.25) is 0 Å². The minimum Gasteiger partial charge on any atom is -0.477 e. The number of rotatable bonds is 4. The van der Waals surface area contributed by atoms with Gasteiger partial charge in [0.05, 0.1) is 0 Å². The van der Waals surface area contributed by atoms with Gasteiger partial charge in [-0.3, -0.25) is 0 Å². The molecule has 4 aromatic rings. The van der Waals surface area contributed by atoms with Crippen molar-refractivity contribution in [3.8, 4) is 11.1 Å². The van der Waals surface area contributed by atoms with Crippen molar-refractivity contribution in [1.82, 2.24) is 4.57 Å². The van der Waals surface area contributed by atoms with Gasteiger partial charge in [0.1, 0.15) is 11.5 Å². The number of hydrogen-bond acceptors (Lipinski definition) is 1. The minimum absolute atomic E-state index is 0.0453. The lowest BCUT2D eigenvalue weighted by Gasteiger charge is -2.10. The number of carboxylic acid groups (broad SMARTS) is 1. The molecule has 0 aliphatic heterocycles. The molecule has 0 atom stereocenters. The zero-order valence-electron chi connectivity index (χ0n) is 15.1. The largest absolute Gasteiger partial charge is 0.477 e. The van der Waals surface area contributed by atoms with Gasteiger partial charge in [-0.15, -0.1) is 0 Å². The molecule has 0 saturated carbocycles. The number of carbonyl (C=O) groups is 1. The molecule has 3 aromatic carbocycles. The zero-order valence-corrected chi connectivity index (χ0v) is 15.9. The van der Waals surface area contributed by atoms with Crippen molar-refractivity contribution in [3.05, 3.63) is 94.4 Å². The predicted octanol–water partition coefficient (Wildman–Crippen LogP) is 6.16. The fourth-order valence-electron chi connectivity index (χ4n) is 3.64. The number of aryl methyl sites for hydroxylation is 1. The molecule has 0 unspecified atom stereocenters. The summed E-state index contributed by atoms with van der Waals surface area (Å²) in [7, 11) is 0. The average molecular weight is 394 g/mol. The first-order chi connectivity index (χ1) is 13.5. The second-order valence-electron chi connectivity index (χ2n) is 6.75. The van der Waals surface area contributed by atoms with E-state index in [4.69, 9.17) is 11.6 Å². The standard InChI is InChI=1S/C23H17ClFNO2/c1-14-5-4-6-15(11-14)13-26-20-10-9-16(24)12-18(20)21(22(26)23(27)28)17-7-2-3-8-19(17)25/h2-12H,13H2,1H3,(H,27,28). The van der Waals surface area contributed by atoms with Crippen LogP contribution in [0.3, 0.4) is 0 Å². The summed E-state index contributed by atoms with van der Waals surface area (Å²) in [5.74, 6) is -1.59. The first-order valence-corrected chi connectivity index (χ1v) is 9.19. The van der Waals surface area contributed by atoms with Crippen LogP contribution in [0, 0.1) is 12.7 Å². The summed E-state index contributed by atoms with van der Waals surface area (Å²) in [6.45, 7) is 2.34. The molecule has 1 N–H and O–H groups in total. The van der Waals surface area contributed by atoms with Gasteiger partial charge in [-0.2, -0.15) is 0 Å². The summed E-state index contributed by atoms with van der Waals surface area (Å²) in [4.78, 5) is 12.3. The van der Waals surface area contributed by atoms with Crippen molar-refractivity contribution >= 4 is 28.5 Å². The van der Waals surface area contributed by atoms with Crippen LogP contribution in [0.25, 0.3) is 22.0 Å². The average Bonchev–Trinajstić information content (AvgIpc) is 2.95. The second-order valence-corrected chi connectivity index (χ2v) is 7.18. The lowest BCUT2D eigenvalue weighted by Crippen LogP contribution is -2.11. The number of carboxylic acids is 1. The van der Waals surface area contributed by atoms with Crippen LogP contribution in [0.4, 0.5) is 4.39 Å². The molecular formula is C23H17ClFNO2. The third-order valence-corrected chi connectivity index (χ3v) is 5.03. The molecule has 0 bridgehead atoms. The van der Waals surface area contributed by atoms with Gasteiger partial charge >= 0.3 is 5.97 Å².